The minimum Gasteiger partial charge on any atom is -0.345 e. The summed E-state index contributed by atoms with van der Waals surface area (Å²) in [6, 6.07) is 15.1. The molecule has 132 valence electrons. The fourth-order valence-corrected chi connectivity index (χ4v) is 3.67. The summed E-state index contributed by atoms with van der Waals surface area (Å²) < 4.78 is 0. The van der Waals surface area contributed by atoms with Gasteiger partial charge in [-0.05, 0) is 30.2 Å². The van der Waals surface area contributed by atoms with Crippen LogP contribution in [0.4, 0.5) is 5.69 Å². The van der Waals surface area contributed by atoms with Crippen LogP contribution in [0.2, 0.25) is 0 Å². The topological polar surface area (TPSA) is 78.1 Å². The van der Waals surface area contributed by atoms with E-state index in [2.05, 4.69) is 15.3 Å². The van der Waals surface area contributed by atoms with Crippen molar-refractivity contribution < 1.29 is 9.59 Å². The van der Waals surface area contributed by atoms with Crippen molar-refractivity contribution in [2.75, 3.05) is 12.4 Å². The van der Waals surface area contributed by atoms with Crippen LogP contribution in [-0.2, 0) is 9.59 Å². The Morgan fingerprint density at radius 1 is 1.23 bits per heavy atom. The summed E-state index contributed by atoms with van der Waals surface area (Å²) >= 11 is 0. The Morgan fingerprint density at radius 3 is 2.85 bits per heavy atom. The molecule has 0 saturated carbocycles. The minimum absolute atomic E-state index is 0.0711. The Morgan fingerprint density at radius 2 is 2.04 bits per heavy atom. The normalized spacial score (nSPS) is 20.3. The van der Waals surface area contributed by atoms with E-state index < -0.39 is 0 Å². The molecule has 2 N–H and O–H groups in total. The molecule has 2 aromatic carbocycles. The summed E-state index contributed by atoms with van der Waals surface area (Å²) in [4.78, 5) is 34.1. The molecule has 1 saturated heterocycles. The van der Waals surface area contributed by atoms with Gasteiger partial charge in [-0.2, -0.15) is 0 Å². The van der Waals surface area contributed by atoms with Gasteiger partial charge in [0.2, 0.25) is 11.8 Å². The number of hydrogen-bond acceptors (Lipinski definition) is 3. The first-order valence-electron chi connectivity index (χ1n) is 8.68. The zero-order valence-corrected chi connectivity index (χ0v) is 14.5. The summed E-state index contributed by atoms with van der Waals surface area (Å²) in [5.74, 6) is -0.295. The third kappa shape index (κ3) is 2.94. The van der Waals surface area contributed by atoms with Gasteiger partial charge in [-0.15, -0.1) is 0 Å². The Labute approximate surface area is 151 Å². The number of H-pyrrole nitrogens is 1. The van der Waals surface area contributed by atoms with Crippen molar-refractivity contribution in [3.05, 3.63) is 60.4 Å². The Bertz CT molecular complexity index is 951. The smallest absolute Gasteiger partial charge is 0.229 e. The molecule has 4 rings (SSSR count). The van der Waals surface area contributed by atoms with Gasteiger partial charge in [-0.25, -0.2) is 4.98 Å². The largest absolute Gasteiger partial charge is 0.345 e. The monoisotopic (exact) mass is 348 g/mol. The van der Waals surface area contributed by atoms with E-state index in [0.717, 1.165) is 22.3 Å². The first kappa shape index (κ1) is 16.3. The molecule has 6 heteroatoms. The number of aromatic amines is 1. The highest BCUT2D eigenvalue weighted by Crippen LogP contribution is 2.36. The second-order valence-corrected chi connectivity index (χ2v) is 6.63. The van der Waals surface area contributed by atoms with Gasteiger partial charge in [0.25, 0.3) is 0 Å². The second-order valence-electron chi connectivity index (χ2n) is 6.63. The van der Waals surface area contributed by atoms with Crippen molar-refractivity contribution in [1.82, 2.24) is 14.9 Å². The molecule has 0 spiro atoms. The quantitative estimate of drug-likeness (QED) is 0.763. The molecule has 2 atom stereocenters. The molecule has 2 amide bonds. The first-order chi connectivity index (χ1) is 12.6. The number of nitrogens with one attached hydrogen (secondary N) is 2. The van der Waals surface area contributed by atoms with E-state index in [1.165, 1.54) is 0 Å². The molecule has 0 unspecified atom stereocenters. The number of imidazole rings is 1. The molecule has 26 heavy (non-hydrogen) atoms. The van der Waals surface area contributed by atoms with Crippen molar-refractivity contribution in [2.45, 2.75) is 18.9 Å². The third-order valence-corrected chi connectivity index (χ3v) is 5.03. The summed E-state index contributed by atoms with van der Waals surface area (Å²) in [5, 5.41) is 3.00. The molecular weight excluding hydrogens is 328 g/mol. The average Bonchev–Trinajstić information content (AvgIpc) is 3.12. The number of fused-ring (bicyclic) bond motifs is 1. The van der Waals surface area contributed by atoms with Gasteiger partial charge < -0.3 is 15.2 Å². The number of benzene rings is 2. The van der Waals surface area contributed by atoms with Crippen LogP contribution >= 0.6 is 0 Å². The molecule has 1 fully saturated rings. The van der Waals surface area contributed by atoms with Crippen molar-refractivity contribution >= 4 is 28.5 Å². The summed E-state index contributed by atoms with van der Waals surface area (Å²) in [6.45, 7) is 0. The molecule has 0 radical (unpaired) electrons. The number of nitrogens with zero attached hydrogens (tertiary/aromatic N) is 2. The number of piperidine rings is 1. The van der Waals surface area contributed by atoms with Crippen LogP contribution in [0.5, 0.6) is 0 Å². The lowest BCUT2D eigenvalue weighted by atomic mass is 9.84. The molecule has 1 aromatic heterocycles. The van der Waals surface area contributed by atoms with Crippen molar-refractivity contribution in [1.29, 1.82) is 0 Å². The number of carbonyl (C=O) groups excluding carboxylic acids is 2. The van der Waals surface area contributed by atoms with Crippen LogP contribution in [0.15, 0.2) is 54.9 Å². The van der Waals surface area contributed by atoms with Crippen LogP contribution < -0.4 is 5.32 Å². The average molecular weight is 348 g/mol. The van der Waals surface area contributed by atoms with Crippen LogP contribution in [0.25, 0.3) is 11.0 Å². The first-order valence-corrected chi connectivity index (χ1v) is 8.68. The number of hydrogen-bond donors (Lipinski definition) is 2. The fraction of sp³-hybridized carbons (Fsp3) is 0.250. The fourth-order valence-electron chi connectivity index (χ4n) is 3.67. The van der Waals surface area contributed by atoms with Gasteiger partial charge in [-0.3, -0.25) is 9.59 Å². The number of rotatable bonds is 3. The molecule has 3 aromatic rings. The molecule has 0 aliphatic carbocycles. The van der Waals surface area contributed by atoms with E-state index in [0.29, 0.717) is 12.8 Å². The zero-order valence-electron chi connectivity index (χ0n) is 14.5. The van der Waals surface area contributed by atoms with Gasteiger partial charge in [0.05, 0.1) is 29.3 Å². The molecule has 1 aliphatic rings. The van der Waals surface area contributed by atoms with Gasteiger partial charge in [0.15, 0.2) is 0 Å². The highest BCUT2D eigenvalue weighted by Gasteiger charge is 2.38. The van der Waals surface area contributed by atoms with E-state index in [4.69, 9.17) is 0 Å². The van der Waals surface area contributed by atoms with Gasteiger partial charge in [-0.1, -0.05) is 30.3 Å². The van der Waals surface area contributed by atoms with Crippen molar-refractivity contribution in [3.63, 3.8) is 0 Å². The second kappa shape index (κ2) is 6.63. The summed E-state index contributed by atoms with van der Waals surface area (Å²) in [7, 11) is 1.77. The van der Waals surface area contributed by atoms with Crippen LogP contribution in [-0.4, -0.2) is 33.7 Å². The predicted molar refractivity (Wildman–Crippen MR) is 99.4 cm³/mol. The van der Waals surface area contributed by atoms with Gasteiger partial charge in [0, 0.05) is 19.2 Å². The molecule has 2 heterocycles. The Kier molecular flexibility index (Phi) is 4.16. The van der Waals surface area contributed by atoms with Crippen LogP contribution in [0.3, 0.4) is 0 Å². The lowest BCUT2D eigenvalue weighted by molar-refractivity contribution is -0.140. The number of anilines is 1. The van der Waals surface area contributed by atoms with Crippen LogP contribution in [0.1, 0.15) is 24.4 Å². The lowest BCUT2D eigenvalue weighted by Crippen LogP contribution is -2.44. The molecule has 6 nitrogen and oxygen atoms in total. The number of likely N-dealkylation sites (tertiary alicyclic amines) is 1. The van der Waals surface area contributed by atoms with Gasteiger partial charge in [0.1, 0.15) is 0 Å². The number of amides is 2. The van der Waals surface area contributed by atoms with Crippen LogP contribution in [0, 0.1) is 5.92 Å². The highest BCUT2D eigenvalue weighted by molar-refractivity contribution is 5.96. The zero-order chi connectivity index (χ0) is 18.1. The summed E-state index contributed by atoms with van der Waals surface area (Å²) in [5.41, 5.74) is 3.43. The summed E-state index contributed by atoms with van der Waals surface area (Å²) in [6.07, 6.45) is 2.56. The maximum absolute atomic E-state index is 13.0. The Balaban J connectivity index is 1.60. The minimum atomic E-state index is -0.294. The van der Waals surface area contributed by atoms with E-state index in [-0.39, 0.29) is 23.8 Å². The molecule has 0 bridgehead atoms. The number of carbonyl (C=O) groups is 2. The number of aromatic nitrogens is 2. The van der Waals surface area contributed by atoms with E-state index in [1.807, 2.05) is 48.5 Å². The van der Waals surface area contributed by atoms with E-state index in [1.54, 1.807) is 18.3 Å². The molecule has 1 aliphatic heterocycles. The maximum atomic E-state index is 13.0. The Hall–Kier alpha value is -3.15. The third-order valence-electron chi connectivity index (χ3n) is 5.03. The van der Waals surface area contributed by atoms with Crippen molar-refractivity contribution in [2.24, 2.45) is 5.92 Å². The lowest BCUT2D eigenvalue weighted by Gasteiger charge is -2.38. The van der Waals surface area contributed by atoms with E-state index in [9.17, 15) is 9.59 Å². The maximum Gasteiger partial charge on any atom is 0.229 e. The highest BCUT2D eigenvalue weighted by atomic mass is 16.2. The SMILES string of the molecule is CN1C(=O)CC[C@@H](C(=O)Nc2ccc3nc[nH]c3c2)[C@@H]1c1ccccc1. The predicted octanol–water partition coefficient (Wildman–Crippen LogP) is 3.11. The van der Waals surface area contributed by atoms with Gasteiger partial charge >= 0.3 is 0 Å². The van der Waals surface area contributed by atoms with E-state index >= 15 is 0 Å². The standard InChI is InChI=1S/C20H20N4O2/c1-24-18(25)10-8-15(19(24)13-5-3-2-4-6-13)20(26)23-14-7-9-16-17(11-14)22-12-21-16/h2-7,9,11-12,15,19H,8,10H2,1H3,(H,21,22)(H,23,26)/t15-,19+/m1/s1. The van der Waals surface area contributed by atoms with Crippen molar-refractivity contribution in [3.8, 4) is 0 Å². The molecular formula is C20H20N4O2.